The topological polar surface area (TPSA) is 38.2 Å². The summed E-state index contributed by atoms with van der Waals surface area (Å²) in [4.78, 5) is 11.8. The van der Waals surface area contributed by atoms with Gasteiger partial charge in [-0.15, -0.1) is 11.3 Å². The van der Waals surface area contributed by atoms with Crippen LogP contribution in [0.25, 0.3) is 0 Å². The van der Waals surface area contributed by atoms with Crippen LogP contribution in [0.4, 0.5) is 5.82 Å². The fourth-order valence-corrected chi connectivity index (χ4v) is 2.90. The second-order valence-electron chi connectivity index (χ2n) is 4.02. The predicted molar refractivity (Wildman–Crippen MR) is 72.3 cm³/mol. The van der Waals surface area contributed by atoms with Crippen molar-refractivity contribution in [3.8, 4) is 0 Å². The van der Waals surface area contributed by atoms with Crippen molar-refractivity contribution in [1.29, 1.82) is 0 Å². The van der Waals surface area contributed by atoms with Crippen molar-refractivity contribution < 1.29 is 4.74 Å². The summed E-state index contributed by atoms with van der Waals surface area (Å²) in [7, 11) is 0. The molecule has 3 rings (SSSR count). The van der Waals surface area contributed by atoms with Crippen molar-refractivity contribution in [2.75, 3.05) is 24.6 Å². The van der Waals surface area contributed by atoms with Crippen LogP contribution in [0.15, 0.2) is 29.9 Å². The average Bonchev–Trinajstić information content (AvgIpc) is 2.93. The molecule has 1 unspecified atom stereocenters. The molecule has 2 aromatic heterocycles. The molecule has 0 aliphatic carbocycles. The molecule has 0 amide bonds. The third-order valence-corrected chi connectivity index (χ3v) is 3.99. The zero-order valence-electron chi connectivity index (χ0n) is 9.62. The van der Waals surface area contributed by atoms with Crippen LogP contribution in [0.5, 0.6) is 0 Å². The second kappa shape index (κ2) is 5.22. The maximum absolute atomic E-state index is 5.87. The minimum absolute atomic E-state index is 0.111. The first kappa shape index (κ1) is 11.9. The van der Waals surface area contributed by atoms with Crippen LogP contribution in [0.2, 0.25) is 5.15 Å². The average molecular weight is 282 g/mol. The molecule has 0 bridgehead atoms. The zero-order chi connectivity index (χ0) is 12.4. The Morgan fingerprint density at radius 2 is 2.39 bits per heavy atom. The fraction of sp³-hybridized carbons (Fsp3) is 0.333. The zero-order valence-corrected chi connectivity index (χ0v) is 11.2. The first-order chi connectivity index (χ1) is 8.83. The molecular weight excluding hydrogens is 270 g/mol. The molecule has 0 saturated carbocycles. The first-order valence-corrected chi connectivity index (χ1v) is 6.96. The molecule has 1 saturated heterocycles. The molecule has 1 fully saturated rings. The third-order valence-electron chi connectivity index (χ3n) is 2.84. The molecule has 2 aromatic rings. The summed E-state index contributed by atoms with van der Waals surface area (Å²) >= 11 is 7.59. The van der Waals surface area contributed by atoms with Gasteiger partial charge < -0.3 is 9.64 Å². The molecule has 0 N–H and O–H groups in total. The van der Waals surface area contributed by atoms with Crippen molar-refractivity contribution in [2.45, 2.75) is 6.10 Å². The van der Waals surface area contributed by atoms with E-state index < -0.39 is 0 Å². The lowest BCUT2D eigenvalue weighted by Crippen LogP contribution is -2.38. The molecule has 6 heteroatoms. The molecular formula is C12H12ClN3OS. The van der Waals surface area contributed by atoms with E-state index in [9.17, 15) is 0 Å². The molecule has 0 aromatic carbocycles. The van der Waals surface area contributed by atoms with Crippen molar-refractivity contribution in [2.24, 2.45) is 0 Å². The highest BCUT2D eigenvalue weighted by Gasteiger charge is 2.23. The summed E-state index contributed by atoms with van der Waals surface area (Å²) in [6.45, 7) is 2.29. The largest absolute Gasteiger partial charge is 0.369 e. The quantitative estimate of drug-likeness (QED) is 0.848. The van der Waals surface area contributed by atoms with E-state index in [0.717, 1.165) is 18.9 Å². The van der Waals surface area contributed by atoms with Crippen molar-refractivity contribution in [3.63, 3.8) is 0 Å². The first-order valence-electron chi connectivity index (χ1n) is 5.70. The Hall–Kier alpha value is -1.17. The third kappa shape index (κ3) is 2.48. The van der Waals surface area contributed by atoms with E-state index in [2.05, 4.69) is 26.3 Å². The minimum atomic E-state index is 0.111. The normalized spacial score (nSPS) is 20.1. The smallest absolute Gasteiger partial charge is 0.149 e. The summed E-state index contributed by atoms with van der Waals surface area (Å²) in [5, 5.41) is 2.49. The molecule has 1 aliphatic heterocycles. The highest BCUT2D eigenvalue weighted by atomic mass is 35.5. The Morgan fingerprint density at radius 3 is 3.17 bits per heavy atom. The van der Waals surface area contributed by atoms with Crippen LogP contribution in [-0.4, -0.2) is 29.7 Å². The van der Waals surface area contributed by atoms with Gasteiger partial charge in [0.15, 0.2) is 0 Å². The number of rotatable bonds is 2. The van der Waals surface area contributed by atoms with Crippen LogP contribution < -0.4 is 4.90 Å². The molecule has 94 valence electrons. The number of hydrogen-bond acceptors (Lipinski definition) is 5. The van der Waals surface area contributed by atoms with Gasteiger partial charge in [-0.25, -0.2) is 4.98 Å². The van der Waals surface area contributed by atoms with Gasteiger partial charge in [-0.3, -0.25) is 4.98 Å². The van der Waals surface area contributed by atoms with Gasteiger partial charge in [-0.05, 0) is 11.4 Å². The van der Waals surface area contributed by atoms with Crippen LogP contribution in [0, 0.1) is 0 Å². The highest BCUT2D eigenvalue weighted by Crippen LogP contribution is 2.28. The van der Waals surface area contributed by atoms with Crippen LogP contribution in [0.1, 0.15) is 11.0 Å². The van der Waals surface area contributed by atoms with Crippen LogP contribution in [-0.2, 0) is 4.74 Å². The number of thiophene rings is 1. The summed E-state index contributed by atoms with van der Waals surface area (Å²) < 4.78 is 5.79. The number of aromatic nitrogens is 2. The Morgan fingerprint density at radius 1 is 1.44 bits per heavy atom. The van der Waals surface area contributed by atoms with E-state index in [-0.39, 0.29) is 6.10 Å². The Balaban J connectivity index is 1.78. The van der Waals surface area contributed by atoms with Crippen molar-refractivity contribution >= 4 is 28.8 Å². The molecule has 1 atom stereocenters. The highest BCUT2D eigenvalue weighted by molar-refractivity contribution is 7.10. The van der Waals surface area contributed by atoms with E-state index in [1.807, 2.05) is 6.07 Å². The molecule has 3 heterocycles. The van der Waals surface area contributed by atoms with Gasteiger partial charge in [-0.2, -0.15) is 0 Å². The Kier molecular flexibility index (Phi) is 3.45. The molecule has 0 spiro atoms. The molecule has 0 radical (unpaired) electrons. The van der Waals surface area contributed by atoms with E-state index in [1.54, 1.807) is 23.7 Å². The monoisotopic (exact) mass is 281 g/mol. The second-order valence-corrected chi connectivity index (χ2v) is 5.39. The SMILES string of the molecule is Clc1cncc(N2CCOC(c3cccs3)C2)n1. The lowest BCUT2D eigenvalue weighted by atomic mass is 10.2. The standard InChI is InChI=1S/C12H12ClN3OS/c13-11-6-14-7-12(15-11)16-3-4-17-9(8-16)10-2-1-5-18-10/h1-2,5-7,9H,3-4,8H2. The maximum atomic E-state index is 5.87. The number of nitrogens with zero attached hydrogens (tertiary/aromatic N) is 3. The molecule has 18 heavy (non-hydrogen) atoms. The number of hydrogen-bond donors (Lipinski definition) is 0. The van der Waals surface area contributed by atoms with Gasteiger partial charge in [0.2, 0.25) is 0 Å². The number of halogens is 1. The molecule has 1 aliphatic rings. The number of ether oxygens (including phenoxy) is 1. The van der Waals surface area contributed by atoms with Gasteiger partial charge in [0, 0.05) is 11.4 Å². The maximum Gasteiger partial charge on any atom is 0.149 e. The van der Waals surface area contributed by atoms with Crippen LogP contribution >= 0.6 is 22.9 Å². The van der Waals surface area contributed by atoms with Gasteiger partial charge >= 0.3 is 0 Å². The lowest BCUT2D eigenvalue weighted by Gasteiger charge is -2.33. The van der Waals surface area contributed by atoms with E-state index in [1.165, 1.54) is 4.88 Å². The summed E-state index contributed by atoms with van der Waals surface area (Å²) in [5.41, 5.74) is 0. The summed E-state index contributed by atoms with van der Waals surface area (Å²) in [6.07, 6.45) is 3.39. The molecule has 4 nitrogen and oxygen atoms in total. The number of anilines is 1. The van der Waals surface area contributed by atoms with E-state index >= 15 is 0 Å². The van der Waals surface area contributed by atoms with Gasteiger partial charge in [0.05, 0.1) is 25.5 Å². The minimum Gasteiger partial charge on any atom is -0.369 e. The van der Waals surface area contributed by atoms with Crippen LogP contribution in [0.3, 0.4) is 0 Å². The van der Waals surface area contributed by atoms with Gasteiger partial charge in [-0.1, -0.05) is 17.7 Å². The van der Waals surface area contributed by atoms with Gasteiger partial charge in [0.25, 0.3) is 0 Å². The van der Waals surface area contributed by atoms with Crippen molar-refractivity contribution in [1.82, 2.24) is 9.97 Å². The lowest BCUT2D eigenvalue weighted by molar-refractivity contribution is 0.0418. The number of morpholine rings is 1. The predicted octanol–water partition coefficient (Wildman–Crippen LogP) is 2.77. The van der Waals surface area contributed by atoms with E-state index in [0.29, 0.717) is 11.8 Å². The van der Waals surface area contributed by atoms with E-state index in [4.69, 9.17) is 16.3 Å². The Bertz CT molecular complexity index is 520. The van der Waals surface area contributed by atoms with Crippen molar-refractivity contribution in [3.05, 3.63) is 39.9 Å². The van der Waals surface area contributed by atoms with Gasteiger partial charge in [0.1, 0.15) is 17.1 Å². The summed E-state index contributed by atoms with van der Waals surface area (Å²) in [6, 6.07) is 4.14. The Labute approximate surface area is 114 Å². The summed E-state index contributed by atoms with van der Waals surface area (Å²) in [5.74, 6) is 0.812. The fourth-order valence-electron chi connectivity index (χ4n) is 1.99.